The van der Waals surface area contributed by atoms with Crippen molar-refractivity contribution >= 4 is 51.0 Å². The Kier molecular flexibility index (Phi) is 6.14. The van der Waals surface area contributed by atoms with E-state index in [1.807, 2.05) is 55.5 Å². The highest BCUT2D eigenvalue weighted by atomic mass is 35.5. The summed E-state index contributed by atoms with van der Waals surface area (Å²) in [6, 6.07) is 15.7. The minimum absolute atomic E-state index is 0.229. The van der Waals surface area contributed by atoms with Crippen molar-refractivity contribution < 1.29 is 0 Å². The van der Waals surface area contributed by atoms with Crippen molar-refractivity contribution in [2.45, 2.75) is 23.0 Å². The Morgan fingerprint density at radius 3 is 2.63 bits per heavy atom. The Morgan fingerprint density at radius 1 is 1.00 bits per heavy atom. The number of anilines is 1. The lowest BCUT2D eigenvalue weighted by Gasteiger charge is -2.23. The summed E-state index contributed by atoms with van der Waals surface area (Å²) in [6.45, 7) is 1.86. The zero-order chi connectivity index (χ0) is 26.2. The number of H-pyrrole nitrogens is 2. The fraction of sp³-hybridized carbons (Fsp3) is 0.0769. The number of aromatic amines is 2. The predicted octanol–water partition coefficient (Wildman–Crippen LogP) is 4.72. The molecule has 188 valence electrons. The Bertz CT molecular complexity index is 1900. The molecule has 0 saturated heterocycles. The van der Waals surface area contributed by atoms with Crippen molar-refractivity contribution in [3.8, 4) is 5.69 Å². The minimum atomic E-state index is -0.526. The normalized spacial score (nSPS) is 12.2. The van der Waals surface area contributed by atoms with Crippen LogP contribution in [0.2, 0.25) is 5.02 Å². The number of para-hydroxylation sites is 1. The highest BCUT2D eigenvalue weighted by Gasteiger charge is 2.24. The van der Waals surface area contributed by atoms with Crippen molar-refractivity contribution in [1.82, 2.24) is 34.7 Å². The Morgan fingerprint density at radius 2 is 1.84 bits per heavy atom. The minimum Gasteiger partial charge on any atom is -0.361 e. The topological polar surface area (TPSA) is 134 Å². The first kappa shape index (κ1) is 23.9. The first-order chi connectivity index (χ1) is 18.5. The second kappa shape index (κ2) is 9.77. The van der Waals surface area contributed by atoms with Gasteiger partial charge < -0.3 is 10.3 Å². The molecule has 0 aliphatic rings. The molecule has 0 amide bonds. The van der Waals surface area contributed by atoms with Gasteiger partial charge in [-0.05, 0) is 36.9 Å². The van der Waals surface area contributed by atoms with Crippen molar-refractivity contribution in [3.05, 3.63) is 105 Å². The van der Waals surface area contributed by atoms with Crippen LogP contribution < -0.4 is 16.3 Å². The zero-order valence-electron chi connectivity index (χ0n) is 19.8. The molecule has 2 aromatic carbocycles. The number of nitrogens with zero attached hydrogens (tertiary/aromatic N) is 5. The molecule has 0 aliphatic carbocycles. The van der Waals surface area contributed by atoms with Gasteiger partial charge in [-0.2, -0.15) is 0 Å². The SMILES string of the molecule is C[C@H](Nc1ncnc2[nH]ccc(=O)c12)c1c(Cl)c2cccc(Sc3nc[nH]n3)c2c(=O)n1-c1ccccc1. The molecule has 6 rings (SSSR count). The van der Waals surface area contributed by atoms with Gasteiger partial charge in [0, 0.05) is 28.2 Å². The summed E-state index contributed by atoms with van der Waals surface area (Å²) in [7, 11) is 0. The lowest BCUT2D eigenvalue weighted by atomic mass is 10.1. The number of benzene rings is 2. The maximum Gasteiger partial charge on any atom is 0.264 e. The van der Waals surface area contributed by atoms with Gasteiger partial charge in [0.2, 0.25) is 5.16 Å². The van der Waals surface area contributed by atoms with Crippen molar-refractivity contribution in [2.75, 3.05) is 5.32 Å². The second-order valence-corrected chi connectivity index (χ2v) is 9.78. The molecule has 12 heteroatoms. The highest BCUT2D eigenvalue weighted by molar-refractivity contribution is 7.99. The van der Waals surface area contributed by atoms with Crippen LogP contribution >= 0.6 is 23.4 Å². The van der Waals surface area contributed by atoms with Gasteiger partial charge in [0.05, 0.1) is 22.1 Å². The number of hydrogen-bond acceptors (Lipinski definition) is 8. The summed E-state index contributed by atoms with van der Waals surface area (Å²) in [5.74, 6) is 0.335. The molecular weight excluding hydrogens is 524 g/mol. The number of rotatable bonds is 6. The van der Waals surface area contributed by atoms with E-state index >= 15 is 0 Å². The van der Waals surface area contributed by atoms with Crippen molar-refractivity contribution in [2.24, 2.45) is 0 Å². The highest BCUT2D eigenvalue weighted by Crippen LogP contribution is 2.37. The third-order valence-corrected chi connectivity index (χ3v) is 7.40. The molecular formula is C26H19ClN8O2S. The van der Waals surface area contributed by atoms with Crippen LogP contribution in [0.25, 0.3) is 27.5 Å². The van der Waals surface area contributed by atoms with E-state index in [0.717, 1.165) is 0 Å². The first-order valence-corrected chi connectivity index (χ1v) is 12.8. The molecule has 4 aromatic heterocycles. The molecule has 10 nitrogen and oxygen atoms in total. The van der Waals surface area contributed by atoms with Gasteiger partial charge in [-0.3, -0.25) is 19.3 Å². The van der Waals surface area contributed by atoms with Gasteiger partial charge >= 0.3 is 0 Å². The third kappa shape index (κ3) is 4.11. The quantitative estimate of drug-likeness (QED) is 0.275. The van der Waals surface area contributed by atoms with Gasteiger partial charge in [-0.1, -0.05) is 41.9 Å². The van der Waals surface area contributed by atoms with Gasteiger partial charge in [0.25, 0.3) is 5.56 Å². The second-order valence-electron chi connectivity index (χ2n) is 8.39. The molecule has 0 saturated carbocycles. The number of fused-ring (bicyclic) bond motifs is 2. The lowest BCUT2D eigenvalue weighted by Crippen LogP contribution is -2.27. The van der Waals surface area contributed by atoms with Crippen LogP contribution in [0.4, 0.5) is 5.82 Å². The van der Waals surface area contributed by atoms with Gasteiger partial charge in [-0.25, -0.2) is 15.0 Å². The van der Waals surface area contributed by atoms with Crippen LogP contribution in [0.5, 0.6) is 0 Å². The fourth-order valence-electron chi connectivity index (χ4n) is 4.43. The number of hydrogen-bond donors (Lipinski definition) is 3. The summed E-state index contributed by atoms with van der Waals surface area (Å²) in [5, 5.41) is 12.3. The predicted molar refractivity (Wildman–Crippen MR) is 147 cm³/mol. The molecule has 38 heavy (non-hydrogen) atoms. The molecule has 0 aliphatic heterocycles. The standard InChI is InChI=1S/C26H19ClN8O2S/c1-14(33-24-20-17(36)10-11-28-23(20)29-12-30-24)22-21(27)16-8-5-9-18(38-26-31-13-32-34-26)19(16)25(37)35(22)15-6-3-2-4-7-15/h2-14H,1H3,(H,31,32,34)(H2,28,29,30,33,36)/t14-/m0/s1. The van der Waals surface area contributed by atoms with E-state index in [1.165, 1.54) is 36.7 Å². The zero-order valence-corrected chi connectivity index (χ0v) is 21.4. The van der Waals surface area contributed by atoms with E-state index in [1.54, 1.807) is 4.57 Å². The van der Waals surface area contributed by atoms with E-state index in [9.17, 15) is 9.59 Å². The summed E-state index contributed by atoms with van der Waals surface area (Å²) < 4.78 is 1.60. The molecule has 3 N–H and O–H groups in total. The average molecular weight is 543 g/mol. The Hall–Kier alpha value is -4.48. The van der Waals surface area contributed by atoms with Gasteiger partial charge in [-0.15, -0.1) is 5.10 Å². The van der Waals surface area contributed by atoms with Crippen LogP contribution in [0, 0.1) is 0 Å². The molecule has 0 fully saturated rings. The van der Waals surface area contributed by atoms with E-state index in [4.69, 9.17) is 11.6 Å². The Balaban J connectivity index is 1.58. The smallest absolute Gasteiger partial charge is 0.264 e. The maximum atomic E-state index is 14.2. The van der Waals surface area contributed by atoms with Crippen LogP contribution in [-0.4, -0.2) is 34.7 Å². The van der Waals surface area contributed by atoms with Gasteiger partial charge in [0.15, 0.2) is 5.43 Å². The average Bonchev–Trinajstić information content (AvgIpc) is 3.44. The summed E-state index contributed by atoms with van der Waals surface area (Å²) in [4.78, 5) is 43.1. The van der Waals surface area contributed by atoms with Crippen LogP contribution in [0.15, 0.2) is 93.1 Å². The molecule has 1 atom stereocenters. The van der Waals surface area contributed by atoms with Crippen LogP contribution in [0.3, 0.4) is 0 Å². The van der Waals surface area contributed by atoms with E-state index in [-0.39, 0.29) is 11.0 Å². The molecule has 6 aromatic rings. The monoisotopic (exact) mass is 542 g/mol. The Labute approximate surface area is 224 Å². The number of aromatic nitrogens is 7. The largest absolute Gasteiger partial charge is 0.361 e. The van der Waals surface area contributed by atoms with Crippen LogP contribution in [0.1, 0.15) is 18.7 Å². The molecule has 0 spiro atoms. The van der Waals surface area contributed by atoms with E-state index in [2.05, 4.69) is 35.5 Å². The molecule has 0 unspecified atom stereocenters. The summed E-state index contributed by atoms with van der Waals surface area (Å²) >= 11 is 8.36. The van der Waals surface area contributed by atoms with Crippen molar-refractivity contribution in [1.29, 1.82) is 0 Å². The number of nitrogens with one attached hydrogen (secondary N) is 3. The summed E-state index contributed by atoms with van der Waals surface area (Å²) in [6.07, 6.45) is 4.38. The summed E-state index contributed by atoms with van der Waals surface area (Å²) in [5.41, 5.74) is 1.10. The van der Waals surface area contributed by atoms with Crippen LogP contribution in [-0.2, 0) is 0 Å². The fourth-order valence-corrected chi connectivity index (χ4v) is 5.68. The third-order valence-electron chi connectivity index (χ3n) is 6.07. The maximum absolute atomic E-state index is 14.2. The van der Waals surface area contributed by atoms with Crippen molar-refractivity contribution in [3.63, 3.8) is 0 Å². The lowest BCUT2D eigenvalue weighted by molar-refractivity contribution is 0.774. The number of pyridine rings is 2. The molecule has 0 radical (unpaired) electrons. The van der Waals surface area contributed by atoms with Gasteiger partial charge in [0.1, 0.15) is 29.5 Å². The first-order valence-electron chi connectivity index (χ1n) is 11.6. The molecule has 0 bridgehead atoms. The molecule has 4 heterocycles. The van der Waals surface area contributed by atoms with E-state index < -0.39 is 6.04 Å². The number of halogens is 1. The van der Waals surface area contributed by atoms with E-state index in [0.29, 0.717) is 54.1 Å².